The number of methoxy groups -OCH3 is 1. The van der Waals surface area contributed by atoms with Gasteiger partial charge in [0, 0.05) is 48.4 Å². The second kappa shape index (κ2) is 8.62. The van der Waals surface area contributed by atoms with Crippen molar-refractivity contribution in [1.29, 1.82) is 0 Å². The van der Waals surface area contributed by atoms with Gasteiger partial charge in [-0.05, 0) is 25.1 Å². The third-order valence-electron chi connectivity index (χ3n) is 5.14. The first-order valence-corrected chi connectivity index (χ1v) is 9.90. The number of morpholine rings is 1. The number of pyridine rings is 1. The Balaban J connectivity index is 1.55. The van der Waals surface area contributed by atoms with Crippen molar-refractivity contribution in [1.82, 2.24) is 19.7 Å². The summed E-state index contributed by atoms with van der Waals surface area (Å²) in [5.41, 5.74) is 2.71. The predicted octanol–water partition coefficient (Wildman–Crippen LogP) is 2.03. The smallest absolute Gasteiger partial charge is 0.244 e. The lowest BCUT2D eigenvalue weighted by Crippen LogP contribution is -2.42. The highest BCUT2D eigenvalue weighted by atomic mass is 16.5. The molecule has 0 saturated carbocycles. The maximum atomic E-state index is 12.7. The molecule has 0 spiro atoms. The summed E-state index contributed by atoms with van der Waals surface area (Å²) in [6.45, 7) is 4.36. The summed E-state index contributed by atoms with van der Waals surface area (Å²) in [6.07, 6.45) is 2.00. The van der Waals surface area contributed by atoms with Crippen LogP contribution in [0.2, 0.25) is 0 Å². The molecule has 0 unspecified atom stereocenters. The number of carbonyl (C=O) groups excluding carboxylic acids is 2. The van der Waals surface area contributed by atoms with Crippen LogP contribution in [0.1, 0.15) is 21.7 Å². The molecule has 0 radical (unpaired) electrons. The van der Waals surface area contributed by atoms with Crippen molar-refractivity contribution in [2.45, 2.75) is 19.9 Å². The molecule has 3 aromatic rings. The van der Waals surface area contributed by atoms with E-state index in [4.69, 9.17) is 9.47 Å². The summed E-state index contributed by atoms with van der Waals surface area (Å²) >= 11 is 0. The zero-order valence-electron chi connectivity index (χ0n) is 17.1. The van der Waals surface area contributed by atoms with Gasteiger partial charge in [0.25, 0.3) is 0 Å². The molecule has 1 aliphatic rings. The van der Waals surface area contributed by atoms with E-state index < -0.39 is 0 Å². The summed E-state index contributed by atoms with van der Waals surface area (Å²) in [7, 11) is 1.57. The van der Waals surface area contributed by atoms with Crippen LogP contribution in [-0.2, 0) is 22.5 Å². The average Bonchev–Trinajstić information content (AvgIpc) is 3.14. The molecule has 1 fully saturated rings. The summed E-state index contributed by atoms with van der Waals surface area (Å²) in [5, 5.41) is 5.36. The number of Topliss-reactive ketones (excluding diaryl/α,β-unsaturated/α-hetero) is 1. The van der Waals surface area contributed by atoms with Gasteiger partial charge in [0.1, 0.15) is 18.0 Å². The number of aromatic nitrogens is 3. The van der Waals surface area contributed by atoms with Crippen molar-refractivity contribution < 1.29 is 19.1 Å². The van der Waals surface area contributed by atoms with Crippen LogP contribution in [-0.4, -0.2) is 64.8 Å². The molecule has 8 heteroatoms. The Labute approximate surface area is 174 Å². The number of benzene rings is 1. The number of fused-ring (bicyclic) bond motifs is 1. The summed E-state index contributed by atoms with van der Waals surface area (Å²) in [4.78, 5) is 31.3. The summed E-state index contributed by atoms with van der Waals surface area (Å²) in [5.74, 6) is 0.526. The normalized spacial score (nSPS) is 14.1. The molecule has 0 N–H and O–H groups in total. The van der Waals surface area contributed by atoms with Crippen molar-refractivity contribution in [3.8, 4) is 5.75 Å². The molecule has 3 heterocycles. The molecule has 1 amide bonds. The van der Waals surface area contributed by atoms with Crippen LogP contribution < -0.4 is 4.74 Å². The lowest BCUT2D eigenvalue weighted by molar-refractivity contribution is -0.136. The number of hydrogen-bond acceptors (Lipinski definition) is 6. The van der Waals surface area contributed by atoms with Gasteiger partial charge < -0.3 is 14.4 Å². The highest BCUT2D eigenvalue weighted by molar-refractivity contribution is 5.97. The molecule has 1 aromatic carbocycles. The molecule has 2 aromatic heterocycles. The monoisotopic (exact) mass is 408 g/mol. The molecule has 156 valence electrons. The Bertz CT molecular complexity index is 1090. The quantitative estimate of drug-likeness (QED) is 0.580. The topological polar surface area (TPSA) is 86.5 Å². The van der Waals surface area contributed by atoms with E-state index in [1.807, 2.05) is 31.3 Å². The Hall–Kier alpha value is -3.26. The third-order valence-corrected chi connectivity index (χ3v) is 5.14. The van der Waals surface area contributed by atoms with Crippen molar-refractivity contribution in [3.05, 3.63) is 53.5 Å². The van der Waals surface area contributed by atoms with Crippen LogP contribution in [0.3, 0.4) is 0 Å². The van der Waals surface area contributed by atoms with Crippen LogP contribution in [0.5, 0.6) is 5.75 Å². The van der Waals surface area contributed by atoms with Gasteiger partial charge >= 0.3 is 0 Å². The van der Waals surface area contributed by atoms with Crippen LogP contribution in [0, 0.1) is 6.92 Å². The van der Waals surface area contributed by atoms with E-state index in [-0.39, 0.29) is 24.7 Å². The first-order chi connectivity index (χ1) is 14.5. The van der Waals surface area contributed by atoms with E-state index >= 15 is 0 Å². The standard InChI is InChI=1S/C22H24N4O4/c1-15-4-3-5-18(23-15)20(27)11-16-10-17-13-26(24-19(17)12-21(16)29-2)14-22(28)25-6-8-30-9-7-25/h3-5,10,12-13H,6-9,11,14H2,1-2H3. The number of carbonyl (C=O) groups is 2. The van der Waals surface area contributed by atoms with Crippen LogP contribution in [0.25, 0.3) is 10.9 Å². The Kier molecular flexibility index (Phi) is 5.76. The van der Waals surface area contributed by atoms with Gasteiger partial charge in [0.15, 0.2) is 5.78 Å². The van der Waals surface area contributed by atoms with Gasteiger partial charge in [-0.2, -0.15) is 5.10 Å². The highest BCUT2D eigenvalue weighted by Gasteiger charge is 2.19. The minimum absolute atomic E-state index is 0.0130. The van der Waals surface area contributed by atoms with E-state index in [1.54, 1.807) is 28.8 Å². The first kappa shape index (κ1) is 20.0. The van der Waals surface area contributed by atoms with E-state index in [9.17, 15) is 9.59 Å². The second-order valence-corrected chi connectivity index (χ2v) is 7.31. The second-order valence-electron chi connectivity index (χ2n) is 7.31. The average molecular weight is 408 g/mol. The fourth-order valence-corrected chi connectivity index (χ4v) is 3.57. The third kappa shape index (κ3) is 4.33. The Morgan fingerprint density at radius 2 is 2.00 bits per heavy atom. The number of ether oxygens (including phenoxy) is 2. The van der Waals surface area contributed by atoms with E-state index in [2.05, 4.69) is 10.1 Å². The number of aryl methyl sites for hydroxylation is 1. The molecule has 0 atom stereocenters. The number of amides is 1. The van der Waals surface area contributed by atoms with Crippen LogP contribution in [0.15, 0.2) is 36.5 Å². The van der Waals surface area contributed by atoms with Crippen molar-refractivity contribution >= 4 is 22.6 Å². The lowest BCUT2D eigenvalue weighted by atomic mass is 10.0. The maximum Gasteiger partial charge on any atom is 0.244 e. The Morgan fingerprint density at radius 1 is 1.20 bits per heavy atom. The molecule has 4 rings (SSSR count). The first-order valence-electron chi connectivity index (χ1n) is 9.90. The van der Waals surface area contributed by atoms with Gasteiger partial charge in [0.05, 0.1) is 25.8 Å². The van der Waals surface area contributed by atoms with E-state index in [0.29, 0.717) is 43.3 Å². The molecular formula is C22H24N4O4. The summed E-state index contributed by atoms with van der Waals surface area (Å²) in [6, 6.07) is 9.10. The fraction of sp³-hybridized carbons (Fsp3) is 0.364. The van der Waals surface area contributed by atoms with Crippen molar-refractivity contribution in [2.75, 3.05) is 33.4 Å². The molecule has 1 aliphatic heterocycles. The van der Waals surface area contributed by atoms with Crippen LogP contribution >= 0.6 is 0 Å². The van der Waals surface area contributed by atoms with Gasteiger partial charge in [-0.3, -0.25) is 19.3 Å². The number of rotatable bonds is 6. The number of nitrogens with zero attached hydrogens (tertiary/aromatic N) is 4. The SMILES string of the molecule is COc1cc2nn(CC(=O)N3CCOCC3)cc2cc1CC(=O)c1cccc(C)n1. The zero-order chi connectivity index (χ0) is 21.1. The minimum atomic E-state index is -0.0776. The molecule has 1 saturated heterocycles. The summed E-state index contributed by atoms with van der Waals surface area (Å²) < 4.78 is 12.4. The Morgan fingerprint density at radius 3 is 2.73 bits per heavy atom. The van der Waals surface area contributed by atoms with E-state index in [0.717, 1.165) is 16.6 Å². The van der Waals surface area contributed by atoms with Gasteiger partial charge in [-0.1, -0.05) is 6.07 Å². The minimum Gasteiger partial charge on any atom is -0.496 e. The molecule has 0 bridgehead atoms. The number of hydrogen-bond donors (Lipinski definition) is 0. The molecule has 8 nitrogen and oxygen atoms in total. The van der Waals surface area contributed by atoms with Crippen LogP contribution in [0.4, 0.5) is 0 Å². The largest absolute Gasteiger partial charge is 0.496 e. The predicted molar refractivity (Wildman–Crippen MR) is 111 cm³/mol. The van der Waals surface area contributed by atoms with Gasteiger partial charge in [0.2, 0.25) is 5.91 Å². The lowest BCUT2D eigenvalue weighted by Gasteiger charge is -2.26. The maximum absolute atomic E-state index is 12.7. The molecule has 0 aliphatic carbocycles. The number of ketones is 1. The van der Waals surface area contributed by atoms with Crippen molar-refractivity contribution in [3.63, 3.8) is 0 Å². The van der Waals surface area contributed by atoms with Gasteiger partial charge in [-0.15, -0.1) is 0 Å². The van der Waals surface area contributed by atoms with E-state index in [1.165, 1.54) is 0 Å². The van der Waals surface area contributed by atoms with Gasteiger partial charge in [-0.25, -0.2) is 0 Å². The highest BCUT2D eigenvalue weighted by Crippen LogP contribution is 2.26. The van der Waals surface area contributed by atoms with Crippen molar-refractivity contribution in [2.24, 2.45) is 0 Å². The molecular weight excluding hydrogens is 384 g/mol. The molecule has 30 heavy (non-hydrogen) atoms. The zero-order valence-corrected chi connectivity index (χ0v) is 17.1. The fourth-order valence-electron chi connectivity index (χ4n) is 3.57.